The molecule has 0 unspecified atom stereocenters. The van der Waals surface area contributed by atoms with Gasteiger partial charge in [-0.15, -0.1) is 0 Å². The maximum atomic E-state index is 5.29. The van der Waals surface area contributed by atoms with Crippen LogP contribution in [-0.2, 0) is 0 Å². The Balaban J connectivity index is 2.29. The highest BCUT2D eigenvalue weighted by atomic mass is 32.2. The van der Waals surface area contributed by atoms with Crippen LogP contribution < -0.4 is 16.2 Å². The largest absolute Gasteiger partial charge is 0.440 e. The van der Waals surface area contributed by atoms with E-state index in [-0.39, 0.29) is 5.95 Å². The van der Waals surface area contributed by atoms with Gasteiger partial charge in [0.1, 0.15) is 6.26 Å². The van der Waals surface area contributed by atoms with Gasteiger partial charge in [0.15, 0.2) is 0 Å². The second-order valence-electron chi connectivity index (χ2n) is 3.18. The Morgan fingerprint density at radius 3 is 2.76 bits per heavy atom. The first-order valence-corrected chi connectivity index (χ1v) is 5.48. The van der Waals surface area contributed by atoms with Gasteiger partial charge in [-0.2, -0.15) is 15.0 Å². The summed E-state index contributed by atoms with van der Waals surface area (Å²) in [6.07, 6.45) is 3.04. The van der Waals surface area contributed by atoms with Gasteiger partial charge in [0.2, 0.25) is 17.1 Å². The normalized spacial score (nSPS) is 10.3. The number of nitrogens with one attached hydrogen (secondary N) is 1. The first-order valence-electron chi connectivity index (χ1n) is 4.66. The first kappa shape index (κ1) is 11.6. The Hall–Kier alpha value is -1.87. The van der Waals surface area contributed by atoms with Crippen LogP contribution in [0.25, 0.3) is 0 Å². The highest BCUT2D eigenvalue weighted by Crippen LogP contribution is 2.24. The maximum Gasteiger partial charge on any atom is 0.263 e. The maximum absolute atomic E-state index is 5.29. The molecule has 0 amide bonds. The number of oxazole rings is 1. The van der Waals surface area contributed by atoms with E-state index in [1.165, 1.54) is 18.0 Å². The van der Waals surface area contributed by atoms with Crippen LogP contribution >= 0.6 is 11.8 Å². The smallest absolute Gasteiger partial charge is 0.263 e. The monoisotopic (exact) mass is 253 g/mol. The van der Waals surface area contributed by atoms with Gasteiger partial charge >= 0.3 is 0 Å². The Labute approximate surface area is 102 Å². The summed E-state index contributed by atoms with van der Waals surface area (Å²) in [5, 5.41) is 0.919. The SMILES string of the molecule is CN(C)c1nc(NN)nc(Sc2ncco2)n1. The molecular weight excluding hydrogens is 242 g/mol. The number of aromatic nitrogens is 4. The lowest BCUT2D eigenvalue weighted by molar-refractivity contribution is 0.453. The molecule has 3 N–H and O–H groups in total. The number of anilines is 2. The molecule has 2 heterocycles. The van der Waals surface area contributed by atoms with Crippen molar-refractivity contribution in [1.82, 2.24) is 19.9 Å². The Bertz CT molecular complexity index is 487. The molecule has 0 aliphatic heterocycles. The van der Waals surface area contributed by atoms with E-state index in [0.717, 1.165) is 0 Å². The van der Waals surface area contributed by atoms with Crippen molar-refractivity contribution in [1.29, 1.82) is 0 Å². The van der Waals surface area contributed by atoms with E-state index < -0.39 is 0 Å². The highest BCUT2D eigenvalue weighted by Gasteiger charge is 2.10. The second kappa shape index (κ2) is 4.97. The van der Waals surface area contributed by atoms with Crippen LogP contribution in [0.15, 0.2) is 27.3 Å². The number of nitrogen functional groups attached to an aromatic ring is 1. The summed E-state index contributed by atoms with van der Waals surface area (Å²) in [5.74, 6) is 6.08. The fourth-order valence-corrected chi connectivity index (χ4v) is 1.63. The molecule has 0 atom stereocenters. The fraction of sp³-hybridized carbons (Fsp3) is 0.250. The molecule has 0 fully saturated rings. The lowest BCUT2D eigenvalue weighted by atomic mass is 10.8. The van der Waals surface area contributed by atoms with Crippen LogP contribution in [-0.4, -0.2) is 34.0 Å². The summed E-state index contributed by atoms with van der Waals surface area (Å²) >= 11 is 1.19. The van der Waals surface area contributed by atoms with Crippen LogP contribution in [0, 0.1) is 0 Å². The predicted molar refractivity (Wildman–Crippen MR) is 62.6 cm³/mol. The number of hydrogen-bond donors (Lipinski definition) is 2. The van der Waals surface area contributed by atoms with Crippen molar-refractivity contribution in [2.45, 2.75) is 10.4 Å². The summed E-state index contributed by atoms with van der Waals surface area (Å²) in [6, 6.07) is 0. The second-order valence-corrected chi connectivity index (χ2v) is 4.10. The molecule has 0 saturated heterocycles. The Morgan fingerprint density at radius 1 is 1.35 bits per heavy atom. The summed E-state index contributed by atoms with van der Waals surface area (Å²) in [7, 11) is 3.66. The van der Waals surface area contributed by atoms with Crippen LogP contribution in [0.4, 0.5) is 11.9 Å². The van der Waals surface area contributed by atoms with Gasteiger partial charge in [-0.3, -0.25) is 5.43 Å². The third-order valence-electron chi connectivity index (χ3n) is 1.72. The van der Waals surface area contributed by atoms with E-state index in [9.17, 15) is 0 Å². The summed E-state index contributed by atoms with van der Waals surface area (Å²) < 4.78 is 5.10. The molecule has 2 rings (SSSR count). The molecule has 8 nitrogen and oxygen atoms in total. The molecule has 0 saturated carbocycles. The average Bonchev–Trinajstić information content (AvgIpc) is 2.81. The predicted octanol–water partition coefficient (Wildman–Crippen LogP) is 0.362. The minimum Gasteiger partial charge on any atom is -0.440 e. The summed E-state index contributed by atoms with van der Waals surface area (Å²) in [4.78, 5) is 18.1. The molecule has 0 spiro atoms. The molecule has 2 aromatic rings. The molecule has 90 valence electrons. The van der Waals surface area contributed by atoms with Crippen molar-refractivity contribution >= 4 is 23.7 Å². The average molecular weight is 253 g/mol. The zero-order valence-electron chi connectivity index (χ0n) is 9.28. The van der Waals surface area contributed by atoms with E-state index in [1.807, 2.05) is 14.1 Å². The minimum absolute atomic E-state index is 0.290. The zero-order chi connectivity index (χ0) is 12.3. The third-order valence-corrected chi connectivity index (χ3v) is 2.46. The van der Waals surface area contributed by atoms with Crippen molar-refractivity contribution in [3.63, 3.8) is 0 Å². The lowest BCUT2D eigenvalue weighted by Crippen LogP contribution is -2.17. The summed E-state index contributed by atoms with van der Waals surface area (Å²) in [5.41, 5.74) is 2.39. The van der Waals surface area contributed by atoms with Gasteiger partial charge < -0.3 is 9.32 Å². The van der Waals surface area contributed by atoms with Crippen LogP contribution in [0.3, 0.4) is 0 Å². The first-order chi connectivity index (χ1) is 8.19. The van der Waals surface area contributed by atoms with Crippen LogP contribution in [0.2, 0.25) is 0 Å². The minimum atomic E-state index is 0.290. The molecule has 0 radical (unpaired) electrons. The number of nitrogens with zero attached hydrogens (tertiary/aromatic N) is 5. The number of hydrogen-bond acceptors (Lipinski definition) is 9. The number of nitrogens with two attached hydrogens (primary N) is 1. The number of rotatable bonds is 4. The molecular formula is C8H11N7OS. The topological polar surface area (TPSA) is 106 Å². The fourth-order valence-electron chi connectivity index (χ4n) is 0.995. The van der Waals surface area contributed by atoms with Crippen molar-refractivity contribution in [2.75, 3.05) is 24.4 Å². The highest BCUT2D eigenvalue weighted by molar-refractivity contribution is 7.98. The quantitative estimate of drug-likeness (QED) is 0.590. The van der Waals surface area contributed by atoms with Gasteiger partial charge in [-0.05, 0) is 0 Å². The molecule has 0 aliphatic rings. The number of hydrazine groups is 1. The van der Waals surface area contributed by atoms with Crippen molar-refractivity contribution in [2.24, 2.45) is 5.84 Å². The standard InChI is InChI=1S/C8H11N7OS/c1-15(2)6-11-5(14-9)12-7(13-6)17-8-10-3-4-16-8/h3-4H,9H2,1-2H3,(H,11,12,13,14). The molecule has 0 aromatic carbocycles. The zero-order valence-corrected chi connectivity index (χ0v) is 10.1. The van der Waals surface area contributed by atoms with E-state index in [0.29, 0.717) is 16.3 Å². The van der Waals surface area contributed by atoms with E-state index >= 15 is 0 Å². The van der Waals surface area contributed by atoms with Crippen LogP contribution in [0.1, 0.15) is 0 Å². The van der Waals surface area contributed by atoms with Gasteiger partial charge in [0.25, 0.3) is 5.22 Å². The van der Waals surface area contributed by atoms with Crippen molar-refractivity contribution in [3.8, 4) is 0 Å². The third kappa shape index (κ3) is 2.82. The molecule has 9 heteroatoms. The van der Waals surface area contributed by atoms with Gasteiger partial charge in [-0.1, -0.05) is 0 Å². The Kier molecular flexibility index (Phi) is 3.40. The molecule has 0 aliphatic carbocycles. The molecule has 17 heavy (non-hydrogen) atoms. The van der Waals surface area contributed by atoms with E-state index in [1.54, 1.807) is 11.1 Å². The van der Waals surface area contributed by atoms with Gasteiger partial charge in [0, 0.05) is 25.9 Å². The van der Waals surface area contributed by atoms with E-state index in [2.05, 4.69) is 25.4 Å². The Morgan fingerprint density at radius 2 is 2.18 bits per heavy atom. The van der Waals surface area contributed by atoms with E-state index in [4.69, 9.17) is 10.3 Å². The van der Waals surface area contributed by atoms with Crippen LogP contribution in [0.5, 0.6) is 0 Å². The molecule has 0 bridgehead atoms. The lowest BCUT2D eigenvalue weighted by Gasteiger charge is -2.11. The summed E-state index contributed by atoms with van der Waals surface area (Å²) in [6.45, 7) is 0. The van der Waals surface area contributed by atoms with Crippen molar-refractivity contribution in [3.05, 3.63) is 12.5 Å². The van der Waals surface area contributed by atoms with Gasteiger partial charge in [-0.25, -0.2) is 10.8 Å². The molecule has 2 aromatic heterocycles. The van der Waals surface area contributed by atoms with Gasteiger partial charge in [0.05, 0.1) is 6.20 Å². The van der Waals surface area contributed by atoms with Crippen molar-refractivity contribution < 1.29 is 4.42 Å².